The highest BCUT2D eigenvalue weighted by Gasteiger charge is 2.44. The third-order valence-electron chi connectivity index (χ3n) is 7.32. The van der Waals surface area contributed by atoms with Crippen molar-refractivity contribution in [1.82, 2.24) is 14.7 Å². The molecule has 0 amide bonds. The van der Waals surface area contributed by atoms with Crippen LogP contribution in [-0.4, -0.2) is 32.1 Å². The molecule has 2 fully saturated rings. The highest BCUT2D eigenvalue weighted by atomic mass is 19.4. The number of halogens is 4. The highest BCUT2D eigenvalue weighted by molar-refractivity contribution is 5.99. The lowest BCUT2D eigenvalue weighted by atomic mass is 9.99. The van der Waals surface area contributed by atoms with Gasteiger partial charge in [0.1, 0.15) is 23.0 Å². The Hall–Kier alpha value is -3.89. The zero-order chi connectivity index (χ0) is 26.9. The van der Waals surface area contributed by atoms with Gasteiger partial charge in [-0.2, -0.15) is 0 Å². The van der Waals surface area contributed by atoms with Crippen LogP contribution in [0.4, 0.5) is 17.6 Å². The van der Waals surface area contributed by atoms with Gasteiger partial charge < -0.3 is 18.9 Å². The number of carboxylic acid groups (broad SMARTS) is 1. The van der Waals surface area contributed by atoms with E-state index in [2.05, 4.69) is 9.89 Å². The van der Waals surface area contributed by atoms with Gasteiger partial charge in [-0.05, 0) is 69.6 Å². The quantitative estimate of drug-likeness (QED) is 0.258. The van der Waals surface area contributed by atoms with Crippen molar-refractivity contribution in [2.75, 3.05) is 0 Å². The average molecular weight is 529 g/mol. The van der Waals surface area contributed by atoms with Crippen molar-refractivity contribution in [3.63, 3.8) is 0 Å². The first-order chi connectivity index (χ1) is 18.0. The Morgan fingerprint density at radius 3 is 2.37 bits per heavy atom. The van der Waals surface area contributed by atoms with Gasteiger partial charge in [0.05, 0.1) is 16.8 Å². The van der Waals surface area contributed by atoms with E-state index in [-0.39, 0.29) is 11.6 Å². The molecular formula is C27H23F4N3O4. The lowest BCUT2D eigenvalue weighted by molar-refractivity contribution is -0.274. The number of aryl methyl sites for hydroxylation is 2. The number of carbonyl (C=O) groups is 1. The Morgan fingerprint density at radius 2 is 1.82 bits per heavy atom. The Bertz CT molecular complexity index is 1550. The zero-order valence-electron chi connectivity index (χ0n) is 20.5. The summed E-state index contributed by atoms with van der Waals surface area (Å²) in [5, 5.41) is 13.7. The summed E-state index contributed by atoms with van der Waals surface area (Å²) >= 11 is 0. The van der Waals surface area contributed by atoms with Crippen LogP contribution in [0.3, 0.4) is 0 Å². The molecule has 38 heavy (non-hydrogen) atoms. The first-order valence-electron chi connectivity index (χ1n) is 12.3. The molecule has 0 saturated heterocycles. The lowest BCUT2D eigenvalue weighted by Crippen LogP contribution is -2.18. The molecule has 0 aliphatic heterocycles. The molecular weight excluding hydrogens is 506 g/mol. The maximum Gasteiger partial charge on any atom is 0.573 e. The molecule has 1 aromatic carbocycles. The van der Waals surface area contributed by atoms with Crippen LogP contribution in [0.1, 0.15) is 53.5 Å². The van der Waals surface area contributed by atoms with Crippen molar-refractivity contribution in [3.8, 4) is 28.0 Å². The number of benzene rings is 1. The van der Waals surface area contributed by atoms with Crippen LogP contribution in [0.5, 0.6) is 5.75 Å². The summed E-state index contributed by atoms with van der Waals surface area (Å²) in [6.07, 6.45) is 2.28. The van der Waals surface area contributed by atoms with E-state index in [4.69, 9.17) is 9.51 Å². The predicted octanol–water partition coefficient (Wildman–Crippen LogP) is 7.07. The van der Waals surface area contributed by atoms with E-state index in [1.165, 1.54) is 0 Å². The number of fused-ring (bicyclic) bond motifs is 1. The first-order valence-corrected chi connectivity index (χ1v) is 12.3. The lowest BCUT2D eigenvalue weighted by Gasteiger charge is -2.19. The fourth-order valence-corrected chi connectivity index (χ4v) is 5.48. The minimum atomic E-state index is -5.17. The third kappa shape index (κ3) is 4.29. The number of pyridine rings is 1. The summed E-state index contributed by atoms with van der Waals surface area (Å²) in [7, 11) is 0. The summed E-state index contributed by atoms with van der Waals surface area (Å²) in [6, 6.07) is 3.23. The Labute approximate surface area is 214 Å². The standard InChI is InChI=1S/C27H23F4N3O4/c1-12-22(13(2)38-33-12)17-7-18-19(11-34(25(18)32-10-17)24(14-3-4-14)15-5-6-15)23-20(28)8-16(26(35)36)9-21(23)37-27(29,30)31/h7-11,14-15,24H,3-6H2,1-2H3,(H,35,36). The average Bonchev–Trinajstić information content (AvgIpc) is 3.76. The molecule has 0 radical (unpaired) electrons. The summed E-state index contributed by atoms with van der Waals surface area (Å²) < 4.78 is 67.1. The van der Waals surface area contributed by atoms with Crippen molar-refractivity contribution in [2.24, 2.45) is 11.8 Å². The van der Waals surface area contributed by atoms with E-state index in [9.17, 15) is 23.1 Å². The third-order valence-corrected chi connectivity index (χ3v) is 7.32. The molecule has 0 atom stereocenters. The van der Waals surface area contributed by atoms with Crippen molar-refractivity contribution < 1.29 is 36.7 Å². The monoisotopic (exact) mass is 529 g/mol. The van der Waals surface area contributed by atoms with E-state index < -0.39 is 35.0 Å². The number of hydrogen-bond acceptors (Lipinski definition) is 5. The fourth-order valence-electron chi connectivity index (χ4n) is 5.48. The molecule has 0 spiro atoms. The van der Waals surface area contributed by atoms with Gasteiger partial charge in [0.2, 0.25) is 0 Å². The van der Waals surface area contributed by atoms with Gasteiger partial charge in [-0.25, -0.2) is 14.2 Å². The van der Waals surface area contributed by atoms with Gasteiger partial charge in [-0.15, -0.1) is 13.2 Å². The van der Waals surface area contributed by atoms with E-state index >= 15 is 4.39 Å². The van der Waals surface area contributed by atoms with Crippen LogP contribution < -0.4 is 4.74 Å². The van der Waals surface area contributed by atoms with Crippen molar-refractivity contribution in [3.05, 3.63) is 53.4 Å². The van der Waals surface area contributed by atoms with Crippen LogP contribution in [0.2, 0.25) is 0 Å². The molecule has 4 aromatic rings. The molecule has 198 valence electrons. The maximum absolute atomic E-state index is 15.5. The fraction of sp³-hybridized carbons (Fsp3) is 0.370. The molecule has 3 heterocycles. The largest absolute Gasteiger partial charge is 0.573 e. The molecule has 1 N–H and O–H groups in total. The van der Waals surface area contributed by atoms with E-state index in [1.807, 2.05) is 4.57 Å². The van der Waals surface area contributed by atoms with Crippen molar-refractivity contribution >= 4 is 17.0 Å². The number of aromatic nitrogens is 3. The van der Waals surface area contributed by atoms with Crippen LogP contribution in [0, 0.1) is 31.5 Å². The van der Waals surface area contributed by atoms with Gasteiger partial charge >= 0.3 is 12.3 Å². The second kappa shape index (κ2) is 8.57. The first kappa shape index (κ1) is 24.4. The number of aromatic carboxylic acids is 1. The molecule has 2 aliphatic carbocycles. The maximum atomic E-state index is 15.5. The van der Waals surface area contributed by atoms with Gasteiger partial charge in [0.25, 0.3) is 0 Å². The van der Waals surface area contributed by atoms with Crippen LogP contribution in [0.15, 0.2) is 35.1 Å². The number of nitrogens with zero attached hydrogens (tertiary/aromatic N) is 3. The number of alkyl halides is 3. The normalized spacial score (nSPS) is 16.0. The van der Waals surface area contributed by atoms with E-state index in [1.54, 1.807) is 32.3 Å². The number of carboxylic acids is 1. The summed E-state index contributed by atoms with van der Waals surface area (Å²) in [6.45, 7) is 3.50. The molecule has 2 aliphatic rings. The molecule has 6 rings (SSSR count). The molecule has 11 heteroatoms. The molecule has 7 nitrogen and oxygen atoms in total. The zero-order valence-corrected chi connectivity index (χ0v) is 20.5. The minimum Gasteiger partial charge on any atom is -0.478 e. The SMILES string of the molecule is Cc1noc(C)c1-c1cnc2c(c1)c(-c1c(F)cc(C(=O)O)cc1OC(F)(F)F)cn2C(C1CC1)C1CC1. The Balaban J connectivity index is 1.63. The summed E-state index contributed by atoms with van der Waals surface area (Å²) in [4.78, 5) is 16.2. The van der Waals surface area contributed by atoms with E-state index in [0.717, 1.165) is 25.7 Å². The van der Waals surface area contributed by atoms with Gasteiger partial charge in [-0.3, -0.25) is 0 Å². The number of hydrogen-bond donors (Lipinski definition) is 1. The van der Waals surface area contributed by atoms with Crippen LogP contribution >= 0.6 is 0 Å². The van der Waals surface area contributed by atoms with E-state index in [0.29, 0.717) is 57.6 Å². The summed E-state index contributed by atoms with van der Waals surface area (Å²) in [5.74, 6) is -2.27. The second-order valence-corrected chi connectivity index (χ2v) is 10.1. The molecule has 3 aromatic heterocycles. The second-order valence-electron chi connectivity index (χ2n) is 10.1. The Kier molecular flexibility index (Phi) is 5.51. The van der Waals surface area contributed by atoms with Gasteiger partial charge in [0.15, 0.2) is 0 Å². The summed E-state index contributed by atoms with van der Waals surface area (Å²) in [5.41, 5.74) is 1.43. The number of rotatable bonds is 7. The topological polar surface area (TPSA) is 90.4 Å². The number of ether oxygens (including phenoxy) is 1. The minimum absolute atomic E-state index is 0.0944. The highest BCUT2D eigenvalue weighted by Crippen LogP contribution is 2.54. The van der Waals surface area contributed by atoms with Crippen LogP contribution in [0.25, 0.3) is 33.3 Å². The molecule has 2 saturated carbocycles. The molecule has 0 unspecified atom stereocenters. The molecule has 0 bridgehead atoms. The van der Waals surface area contributed by atoms with Crippen LogP contribution in [-0.2, 0) is 0 Å². The smallest absolute Gasteiger partial charge is 0.478 e. The van der Waals surface area contributed by atoms with Crippen molar-refractivity contribution in [2.45, 2.75) is 51.9 Å². The van der Waals surface area contributed by atoms with Gasteiger partial charge in [-0.1, -0.05) is 5.16 Å². The van der Waals surface area contributed by atoms with Gasteiger partial charge in [0, 0.05) is 40.5 Å². The Morgan fingerprint density at radius 1 is 1.13 bits per heavy atom. The van der Waals surface area contributed by atoms with Crippen molar-refractivity contribution in [1.29, 1.82) is 0 Å². The predicted molar refractivity (Wildman–Crippen MR) is 128 cm³/mol.